The third-order valence-corrected chi connectivity index (χ3v) is 2.47. The maximum absolute atomic E-state index is 11.9. The fourth-order valence-corrected chi connectivity index (χ4v) is 1.44. The maximum Gasteiger partial charge on any atom is 0.321 e. The van der Waals surface area contributed by atoms with Crippen molar-refractivity contribution < 1.29 is 9.53 Å². The first-order valence-electron chi connectivity index (χ1n) is 6.07. The van der Waals surface area contributed by atoms with Crippen LogP contribution in [0, 0.1) is 0 Å². The summed E-state index contributed by atoms with van der Waals surface area (Å²) in [5.74, 6) is 0.690. The highest BCUT2D eigenvalue weighted by Crippen LogP contribution is 2.23. The predicted molar refractivity (Wildman–Crippen MR) is 80.4 cm³/mol. The molecule has 2 amide bonds. The van der Waals surface area contributed by atoms with Crippen molar-refractivity contribution >= 4 is 24.1 Å². The molecular formula is C13H22ClN3O2. The van der Waals surface area contributed by atoms with Gasteiger partial charge in [0.25, 0.3) is 0 Å². The Bertz CT molecular complexity index is 388. The lowest BCUT2D eigenvalue weighted by Crippen LogP contribution is -2.36. The largest absolute Gasteiger partial charge is 0.492 e. The number of hydrogen-bond donors (Lipinski definition) is 2. The fraction of sp³-hybridized carbons (Fsp3) is 0.462. The number of benzene rings is 1. The number of likely N-dealkylation sites (N-methyl/N-ethyl adjacent to an activating group) is 2. The molecule has 0 saturated heterocycles. The van der Waals surface area contributed by atoms with E-state index in [0.717, 1.165) is 6.54 Å². The smallest absolute Gasteiger partial charge is 0.321 e. The quantitative estimate of drug-likeness (QED) is 0.843. The number of carbonyl (C=O) groups is 1. The zero-order chi connectivity index (χ0) is 13.4. The van der Waals surface area contributed by atoms with Gasteiger partial charge in [-0.05, 0) is 26.1 Å². The molecule has 0 atom stereocenters. The number of amides is 2. The molecule has 0 spiro atoms. The predicted octanol–water partition coefficient (Wildman–Crippen LogP) is 2.19. The van der Waals surface area contributed by atoms with Crippen LogP contribution in [0.3, 0.4) is 0 Å². The molecule has 2 N–H and O–H groups in total. The van der Waals surface area contributed by atoms with Crippen LogP contribution in [0.15, 0.2) is 24.3 Å². The third-order valence-electron chi connectivity index (χ3n) is 2.47. The van der Waals surface area contributed by atoms with E-state index in [9.17, 15) is 4.79 Å². The minimum Gasteiger partial charge on any atom is -0.492 e. The fourth-order valence-electron chi connectivity index (χ4n) is 1.44. The van der Waals surface area contributed by atoms with E-state index >= 15 is 0 Å². The van der Waals surface area contributed by atoms with E-state index in [4.69, 9.17) is 4.74 Å². The lowest BCUT2D eigenvalue weighted by Gasteiger charge is -2.19. The second kappa shape index (κ2) is 9.47. The molecule has 0 heterocycles. The molecule has 0 bridgehead atoms. The van der Waals surface area contributed by atoms with E-state index in [-0.39, 0.29) is 18.4 Å². The van der Waals surface area contributed by atoms with E-state index in [1.165, 1.54) is 0 Å². The molecule has 0 aliphatic heterocycles. The highest BCUT2D eigenvalue weighted by atomic mass is 35.5. The van der Waals surface area contributed by atoms with Crippen LogP contribution in [0.2, 0.25) is 0 Å². The average Bonchev–Trinajstić information content (AvgIpc) is 2.38. The van der Waals surface area contributed by atoms with Crippen molar-refractivity contribution in [3.05, 3.63) is 24.3 Å². The standard InChI is InChI=1S/C13H21N3O2.ClH/c1-4-18-12-8-6-5-7-11(12)15-13(17)16(3)10-9-14-2;/h5-8,14H,4,9-10H2,1-3H3,(H,15,17);1H. The van der Waals surface area contributed by atoms with Gasteiger partial charge in [-0.25, -0.2) is 4.79 Å². The molecule has 0 fully saturated rings. The van der Waals surface area contributed by atoms with Gasteiger partial charge in [-0.1, -0.05) is 12.1 Å². The molecule has 19 heavy (non-hydrogen) atoms. The summed E-state index contributed by atoms with van der Waals surface area (Å²) in [6, 6.07) is 7.27. The highest BCUT2D eigenvalue weighted by Gasteiger charge is 2.10. The van der Waals surface area contributed by atoms with Gasteiger partial charge >= 0.3 is 6.03 Å². The Morgan fingerprint density at radius 2 is 2.05 bits per heavy atom. The average molecular weight is 288 g/mol. The van der Waals surface area contributed by atoms with Crippen molar-refractivity contribution in [1.29, 1.82) is 0 Å². The van der Waals surface area contributed by atoms with Crippen LogP contribution in [0.1, 0.15) is 6.92 Å². The Morgan fingerprint density at radius 1 is 1.37 bits per heavy atom. The molecular weight excluding hydrogens is 266 g/mol. The first kappa shape index (κ1) is 17.5. The van der Waals surface area contributed by atoms with Crippen LogP contribution in [-0.4, -0.2) is 44.7 Å². The zero-order valence-electron chi connectivity index (χ0n) is 11.6. The number of halogens is 1. The Morgan fingerprint density at radius 3 is 2.68 bits per heavy atom. The first-order valence-corrected chi connectivity index (χ1v) is 6.07. The lowest BCUT2D eigenvalue weighted by atomic mass is 10.3. The van der Waals surface area contributed by atoms with Gasteiger partial charge in [-0.3, -0.25) is 0 Å². The molecule has 0 aliphatic carbocycles. The Hall–Kier alpha value is -1.46. The molecule has 1 aromatic carbocycles. The van der Waals surface area contributed by atoms with Crippen molar-refractivity contribution in [2.75, 3.05) is 39.1 Å². The molecule has 0 aromatic heterocycles. The van der Waals surface area contributed by atoms with E-state index in [0.29, 0.717) is 24.6 Å². The minimum atomic E-state index is -0.141. The SMILES string of the molecule is CCOc1ccccc1NC(=O)N(C)CCNC.Cl. The number of anilines is 1. The van der Waals surface area contributed by atoms with Gasteiger partial charge in [-0.2, -0.15) is 0 Å². The van der Waals surface area contributed by atoms with Crippen LogP contribution in [0.25, 0.3) is 0 Å². The number of nitrogens with one attached hydrogen (secondary N) is 2. The minimum absolute atomic E-state index is 0. The van der Waals surface area contributed by atoms with E-state index in [2.05, 4.69) is 10.6 Å². The second-order valence-electron chi connectivity index (χ2n) is 3.88. The summed E-state index contributed by atoms with van der Waals surface area (Å²) < 4.78 is 5.45. The Kier molecular flexibility index (Phi) is 8.74. The summed E-state index contributed by atoms with van der Waals surface area (Å²) in [6.07, 6.45) is 0. The van der Waals surface area contributed by atoms with Gasteiger partial charge in [0.05, 0.1) is 12.3 Å². The van der Waals surface area contributed by atoms with Crippen LogP contribution in [-0.2, 0) is 0 Å². The molecule has 1 rings (SSSR count). The summed E-state index contributed by atoms with van der Waals surface area (Å²) in [5.41, 5.74) is 0.695. The number of nitrogens with zero attached hydrogens (tertiary/aromatic N) is 1. The van der Waals surface area contributed by atoms with Gasteiger partial charge in [0, 0.05) is 20.1 Å². The Labute approximate surface area is 120 Å². The summed E-state index contributed by atoms with van der Waals surface area (Å²) in [7, 11) is 3.62. The number of ether oxygens (including phenoxy) is 1. The summed E-state index contributed by atoms with van der Waals surface area (Å²) in [5, 5.41) is 5.84. The number of para-hydroxylation sites is 2. The normalized spacial score (nSPS) is 9.42. The van der Waals surface area contributed by atoms with Gasteiger partial charge in [0.1, 0.15) is 5.75 Å². The Balaban J connectivity index is 0.00000324. The van der Waals surface area contributed by atoms with Crippen LogP contribution in [0.4, 0.5) is 10.5 Å². The molecule has 0 aliphatic rings. The first-order chi connectivity index (χ1) is 8.69. The van der Waals surface area contributed by atoms with Crippen molar-refractivity contribution in [3.63, 3.8) is 0 Å². The van der Waals surface area contributed by atoms with Gasteiger partial charge in [0.2, 0.25) is 0 Å². The van der Waals surface area contributed by atoms with Crippen LogP contribution < -0.4 is 15.4 Å². The van der Waals surface area contributed by atoms with Crippen molar-refractivity contribution in [1.82, 2.24) is 10.2 Å². The van der Waals surface area contributed by atoms with Crippen LogP contribution in [0.5, 0.6) is 5.75 Å². The second-order valence-corrected chi connectivity index (χ2v) is 3.88. The topological polar surface area (TPSA) is 53.6 Å². The monoisotopic (exact) mass is 287 g/mol. The number of urea groups is 1. The lowest BCUT2D eigenvalue weighted by molar-refractivity contribution is 0.222. The number of rotatable bonds is 6. The summed E-state index contributed by atoms with van der Waals surface area (Å²) >= 11 is 0. The van der Waals surface area contributed by atoms with E-state index in [1.54, 1.807) is 11.9 Å². The molecule has 6 heteroatoms. The van der Waals surface area contributed by atoms with E-state index in [1.807, 2.05) is 38.2 Å². The maximum atomic E-state index is 11.9. The van der Waals surface area contributed by atoms with Gasteiger partial charge < -0.3 is 20.3 Å². The van der Waals surface area contributed by atoms with Crippen molar-refractivity contribution in [3.8, 4) is 5.75 Å². The molecule has 1 aromatic rings. The van der Waals surface area contributed by atoms with Crippen LogP contribution >= 0.6 is 12.4 Å². The summed E-state index contributed by atoms with van der Waals surface area (Å²) in [6.45, 7) is 3.90. The van der Waals surface area contributed by atoms with Crippen molar-refractivity contribution in [2.45, 2.75) is 6.92 Å². The van der Waals surface area contributed by atoms with E-state index < -0.39 is 0 Å². The van der Waals surface area contributed by atoms with Gasteiger partial charge in [0.15, 0.2) is 0 Å². The highest BCUT2D eigenvalue weighted by molar-refractivity contribution is 5.90. The molecule has 0 radical (unpaired) electrons. The molecule has 5 nitrogen and oxygen atoms in total. The third kappa shape index (κ3) is 5.81. The molecule has 108 valence electrons. The van der Waals surface area contributed by atoms with Crippen molar-refractivity contribution in [2.24, 2.45) is 0 Å². The molecule has 0 unspecified atom stereocenters. The number of carbonyl (C=O) groups excluding carboxylic acids is 1. The van der Waals surface area contributed by atoms with Gasteiger partial charge in [-0.15, -0.1) is 12.4 Å². The molecule has 0 saturated carbocycles. The summed E-state index contributed by atoms with van der Waals surface area (Å²) in [4.78, 5) is 13.5. The number of hydrogen-bond acceptors (Lipinski definition) is 3. The zero-order valence-corrected chi connectivity index (χ0v) is 12.4.